The van der Waals surface area contributed by atoms with Gasteiger partial charge in [-0.25, -0.2) is 9.82 Å². The molecule has 0 bridgehead atoms. The number of carbonyl (C=O) groups is 1. The first-order chi connectivity index (χ1) is 12.7. The molecule has 3 rings (SSSR count). The predicted molar refractivity (Wildman–Crippen MR) is 108 cm³/mol. The van der Waals surface area contributed by atoms with Gasteiger partial charge < -0.3 is 4.90 Å². The van der Waals surface area contributed by atoms with Crippen molar-refractivity contribution >= 4 is 17.8 Å². The van der Waals surface area contributed by atoms with Gasteiger partial charge in [0.1, 0.15) is 5.82 Å². The standard InChI is InChI=1S/C22H26FN3O/c1-14-9-20-19(15(2)12-22(3,4)26(20)5)11-17(14)13-24-25-21(27)16-7-6-8-18(23)10-16/h6-11,13,15H,12H2,1-5H3,(H,25,27)/b24-13-/t15-/m1/s1. The molecule has 0 fully saturated rings. The minimum atomic E-state index is -0.446. The number of anilines is 1. The fourth-order valence-corrected chi connectivity index (χ4v) is 3.73. The Balaban J connectivity index is 1.81. The molecule has 142 valence electrons. The number of nitrogens with zero attached hydrogens (tertiary/aromatic N) is 2. The number of halogens is 1. The fraction of sp³-hybridized carbons (Fsp3) is 0.364. The molecule has 0 aromatic heterocycles. The first-order valence-corrected chi connectivity index (χ1v) is 9.16. The van der Waals surface area contributed by atoms with E-state index in [1.54, 1.807) is 12.3 Å². The van der Waals surface area contributed by atoms with Gasteiger partial charge in [0.15, 0.2) is 0 Å². The summed E-state index contributed by atoms with van der Waals surface area (Å²) in [5.74, 6) is -0.435. The second-order valence-corrected chi connectivity index (χ2v) is 7.95. The Labute approximate surface area is 160 Å². The number of rotatable bonds is 3. The van der Waals surface area contributed by atoms with E-state index in [4.69, 9.17) is 0 Å². The van der Waals surface area contributed by atoms with Gasteiger partial charge in [-0.1, -0.05) is 13.0 Å². The topological polar surface area (TPSA) is 44.7 Å². The molecular weight excluding hydrogens is 341 g/mol. The maximum Gasteiger partial charge on any atom is 0.271 e. The number of aryl methyl sites for hydroxylation is 1. The van der Waals surface area contributed by atoms with E-state index >= 15 is 0 Å². The Bertz CT molecular complexity index is 904. The van der Waals surface area contributed by atoms with E-state index in [0.29, 0.717) is 5.92 Å². The lowest BCUT2D eigenvalue weighted by atomic mass is 9.79. The summed E-state index contributed by atoms with van der Waals surface area (Å²) in [6, 6.07) is 9.88. The molecule has 1 aliphatic heterocycles. The number of carbonyl (C=O) groups excluding carboxylic acids is 1. The second kappa shape index (κ2) is 7.14. The lowest BCUT2D eigenvalue weighted by Gasteiger charge is -2.45. The van der Waals surface area contributed by atoms with Crippen LogP contribution in [0.2, 0.25) is 0 Å². The van der Waals surface area contributed by atoms with Crippen LogP contribution >= 0.6 is 0 Å². The summed E-state index contributed by atoms with van der Waals surface area (Å²) >= 11 is 0. The van der Waals surface area contributed by atoms with Gasteiger partial charge in [-0.05, 0) is 80.1 Å². The number of fused-ring (bicyclic) bond motifs is 1. The summed E-state index contributed by atoms with van der Waals surface area (Å²) in [6.07, 6.45) is 2.73. The van der Waals surface area contributed by atoms with Crippen molar-refractivity contribution in [2.45, 2.75) is 45.6 Å². The minimum Gasteiger partial charge on any atom is -0.369 e. The van der Waals surface area contributed by atoms with Gasteiger partial charge in [0.2, 0.25) is 0 Å². The second-order valence-electron chi connectivity index (χ2n) is 7.95. The predicted octanol–water partition coefficient (Wildman–Crippen LogP) is 4.62. The summed E-state index contributed by atoms with van der Waals surface area (Å²) in [5, 5.41) is 4.07. The van der Waals surface area contributed by atoms with Crippen molar-refractivity contribution in [3.05, 3.63) is 64.5 Å². The van der Waals surface area contributed by atoms with Crippen molar-refractivity contribution in [2.24, 2.45) is 5.10 Å². The van der Waals surface area contributed by atoms with Crippen LogP contribution in [0, 0.1) is 12.7 Å². The highest BCUT2D eigenvalue weighted by molar-refractivity contribution is 5.95. The van der Waals surface area contributed by atoms with Crippen LogP contribution < -0.4 is 10.3 Å². The van der Waals surface area contributed by atoms with E-state index in [-0.39, 0.29) is 11.1 Å². The molecule has 0 radical (unpaired) electrons. The van der Waals surface area contributed by atoms with E-state index < -0.39 is 11.7 Å². The van der Waals surface area contributed by atoms with Crippen LogP contribution in [-0.2, 0) is 0 Å². The highest BCUT2D eigenvalue weighted by atomic mass is 19.1. The molecule has 0 aliphatic carbocycles. The van der Waals surface area contributed by atoms with Gasteiger partial charge in [0, 0.05) is 23.8 Å². The molecule has 1 aliphatic rings. The molecule has 0 unspecified atom stereocenters. The van der Waals surface area contributed by atoms with Crippen molar-refractivity contribution in [1.82, 2.24) is 5.43 Å². The number of nitrogens with one attached hydrogen (secondary N) is 1. The zero-order valence-corrected chi connectivity index (χ0v) is 16.5. The number of amides is 1. The van der Waals surface area contributed by atoms with Crippen LogP contribution in [0.5, 0.6) is 0 Å². The van der Waals surface area contributed by atoms with E-state index in [0.717, 1.165) is 17.5 Å². The third-order valence-electron chi connectivity index (χ3n) is 5.48. The summed E-state index contributed by atoms with van der Waals surface area (Å²) in [4.78, 5) is 14.4. The number of benzene rings is 2. The molecule has 1 amide bonds. The van der Waals surface area contributed by atoms with Gasteiger partial charge in [-0.2, -0.15) is 5.10 Å². The molecule has 1 N–H and O–H groups in total. The number of hydrogen-bond acceptors (Lipinski definition) is 3. The lowest BCUT2D eigenvalue weighted by molar-refractivity contribution is 0.0954. The maximum absolute atomic E-state index is 13.2. The zero-order chi connectivity index (χ0) is 19.8. The fourth-order valence-electron chi connectivity index (χ4n) is 3.73. The third-order valence-corrected chi connectivity index (χ3v) is 5.48. The Hall–Kier alpha value is -2.69. The third kappa shape index (κ3) is 3.87. The van der Waals surface area contributed by atoms with Gasteiger partial charge >= 0.3 is 0 Å². The van der Waals surface area contributed by atoms with Crippen molar-refractivity contribution < 1.29 is 9.18 Å². The molecule has 4 nitrogen and oxygen atoms in total. The molecule has 0 spiro atoms. The summed E-state index contributed by atoms with van der Waals surface area (Å²) in [7, 11) is 2.14. The quantitative estimate of drug-likeness (QED) is 0.635. The molecule has 2 aromatic rings. The Kier molecular flexibility index (Phi) is 5.05. The highest BCUT2D eigenvalue weighted by Gasteiger charge is 2.34. The monoisotopic (exact) mass is 367 g/mol. The van der Waals surface area contributed by atoms with Crippen LogP contribution in [0.15, 0.2) is 41.5 Å². The minimum absolute atomic E-state index is 0.118. The lowest BCUT2D eigenvalue weighted by Crippen LogP contribution is -2.45. The first kappa shape index (κ1) is 19.1. The van der Waals surface area contributed by atoms with Gasteiger partial charge in [-0.15, -0.1) is 0 Å². The van der Waals surface area contributed by atoms with Crippen LogP contribution in [0.25, 0.3) is 0 Å². The normalized spacial score (nSPS) is 18.4. The average Bonchev–Trinajstić information content (AvgIpc) is 2.60. The van der Waals surface area contributed by atoms with E-state index in [1.165, 1.54) is 29.4 Å². The molecule has 0 saturated carbocycles. The molecule has 0 saturated heterocycles. The summed E-state index contributed by atoms with van der Waals surface area (Å²) < 4.78 is 13.2. The molecule has 27 heavy (non-hydrogen) atoms. The SMILES string of the molecule is Cc1cc2c(cc1/C=N\NC(=O)c1cccc(F)c1)[C@H](C)CC(C)(C)N2C. The molecule has 1 heterocycles. The van der Waals surface area contributed by atoms with Gasteiger partial charge in [0.05, 0.1) is 6.21 Å². The maximum atomic E-state index is 13.2. The summed E-state index contributed by atoms with van der Waals surface area (Å²) in [6.45, 7) is 8.81. The van der Waals surface area contributed by atoms with Crippen molar-refractivity contribution in [2.75, 3.05) is 11.9 Å². The smallest absolute Gasteiger partial charge is 0.271 e. The first-order valence-electron chi connectivity index (χ1n) is 9.16. The van der Waals surface area contributed by atoms with Crippen molar-refractivity contribution in [3.63, 3.8) is 0 Å². The zero-order valence-electron chi connectivity index (χ0n) is 16.5. The van der Waals surface area contributed by atoms with Crippen molar-refractivity contribution in [1.29, 1.82) is 0 Å². The van der Waals surface area contributed by atoms with Crippen LogP contribution in [0.1, 0.15) is 60.2 Å². The van der Waals surface area contributed by atoms with E-state index in [2.05, 4.69) is 55.4 Å². The molecule has 5 heteroatoms. The molecule has 1 atom stereocenters. The van der Waals surface area contributed by atoms with Gasteiger partial charge in [-0.3, -0.25) is 4.79 Å². The largest absolute Gasteiger partial charge is 0.369 e. The Morgan fingerprint density at radius 3 is 2.78 bits per heavy atom. The van der Waals surface area contributed by atoms with Crippen LogP contribution in [0.3, 0.4) is 0 Å². The Morgan fingerprint density at radius 2 is 2.07 bits per heavy atom. The average molecular weight is 367 g/mol. The van der Waals surface area contributed by atoms with Gasteiger partial charge in [0.25, 0.3) is 5.91 Å². The van der Waals surface area contributed by atoms with Crippen molar-refractivity contribution in [3.8, 4) is 0 Å². The highest BCUT2D eigenvalue weighted by Crippen LogP contribution is 2.43. The Morgan fingerprint density at radius 1 is 1.33 bits per heavy atom. The van der Waals surface area contributed by atoms with Crippen LogP contribution in [-0.4, -0.2) is 24.7 Å². The number of hydrogen-bond donors (Lipinski definition) is 1. The van der Waals surface area contributed by atoms with Crippen LogP contribution in [0.4, 0.5) is 10.1 Å². The number of hydrazone groups is 1. The molecular formula is C22H26FN3O. The summed E-state index contributed by atoms with van der Waals surface area (Å²) in [5.41, 5.74) is 7.43. The van der Waals surface area contributed by atoms with E-state index in [9.17, 15) is 9.18 Å². The van der Waals surface area contributed by atoms with E-state index in [1.807, 2.05) is 6.92 Å². The molecule has 2 aromatic carbocycles.